The Morgan fingerprint density at radius 2 is 1.81 bits per heavy atom. The van der Waals surface area contributed by atoms with Gasteiger partial charge in [0.15, 0.2) is 23.0 Å². The SMILES string of the molecule is C#CCOc1c(/C=C2\SC(=O)N(CCOc3ccccc3OC)C2=O)cc(Br)cc1OC. The van der Waals surface area contributed by atoms with Crippen LogP contribution < -0.4 is 18.9 Å². The predicted octanol–water partition coefficient (Wildman–Crippen LogP) is 4.59. The van der Waals surface area contributed by atoms with Crippen molar-refractivity contribution in [3.63, 3.8) is 0 Å². The van der Waals surface area contributed by atoms with Gasteiger partial charge in [0.25, 0.3) is 11.1 Å². The molecular weight excluding hydrogens is 498 g/mol. The maximum absolute atomic E-state index is 12.9. The van der Waals surface area contributed by atoms with Crippen LogP contribution in [0.4, 0.5) is 4.79 Å². The summed E-state index contributed by atoms with van der Waals surface area (Å²) in [5, 5.41) is -0.377. The number of hydrogen-bond acceptors (Lipinski definition) is 7. The number of benzene rings is 2. The number of ether oxygens (including phenoxy) is 4. The van der Waals surface area contributed by atoms with Crippen molar-refractivity contribution in [3.05, 3.63) is 51.3 Å². The molecule has 0 bridgehead atoms. The van der Waals surface area contributed by atoms with Gasteiger partial charge in [0.2, 0.25) is 0 Å². The van der Waals surface area contributed by atoms with Gasteiger partial charge < -0.3 is 18.9 Å². The van der Waals surface area contributed by atoms with Gasteiger partial charge >= 0.3 is 0 Å². The summed E-state index contributed by atoms with van der Waals surface area (Å²) in [6, 6.07) is 10.6. The summed E-state index contributed by atoms with van der Waals surface area (Å²) < 4.78 is 22.6. The molecule has 0 aromatic heterocycles. The van der Waals surface area contributed by atoms with Crippen molar-refractivity contribution in [2.24, 2.45) is 0 Å². The van der Waals surface area contributed by atoms with Crippen LogP contribution >= 0.6 is 27.7 Å². The number of nitrogens with zero attached hydrogens (tertiary/aromatic N) is 1. The molecule has 32 heavy (non-hydrogen) atoms. The molecule has 1 aliphatic heterocycles. The van der Waals surface area contributed by atoms with E-state index >= 15 is 0 Å². The number of hydrogen-bond donors (Lipinski definition) is 0. The van der Waals surface area contributed by atoms with Gasteiger partial charge in [-0.3, -0.25) is 14.5 Å². The highest BCUT2D eigenvalue weighted by atomic mass is 79.9. The number of para-hydroxylation sites is 2. The lowest BCUT2D eigenvalue weighted by molar-refractivity contribution is -0.123. The van der Waals surface area contributed by atoms with Crippen LogP contribution in [0, 0.1) is 12.3 Å². The highest BCUT2D eigenvalue weighted by Gasteiger charge is 2.35. The first-order valence-electron chi connectivity index (χ1n) is 9.43. The van der Waals surface area contributed by atoms with Crippen LogP contribution in [0.2, 0.25) is 0 Å². The molecule has 0 unspecified atom stereocenters. The summed E-state index contributed by atoms with van der Waals surface area (Å²) in [5.41, 5.74) is 0.558. The van der Waals surface area contributed by atoms with E-state index in [4.69, 9.17) is 25.4 Å². The number of carbonyl (C=O) groups excluding carboxylic acids is 2. The number of halogens is 1. The molecule has 1 fully saturated rings. The first kappa shape index (κ1) is 23.6. The smallest absolute Gasteiger partial charge is 0.293 e. The fraction of sp³-hybridized carbons (Fsp3) is 0.217. The summed E-state index contributed by atoms with van der Waals surface area (Å²) in [4.78, 5) is 26.7. The molecule has 2 amide bonds. The van der Waals surface area contributed by atoms with Crippen LogP contribution in [0.5, 0.6) is 23.0 Å². The van der Waals surface area contributed by atoms with Crippen LogP contribution in [0.15, 0.2) is 45.8 Å². The van der Waals surface area contributed by atoms with E-state index in [1.54, 1.807) is 37.5 Å². The summed E-state index contributed by atoms with van der Waals surface area (Å²) in [6.45, 7) is 0.260. The molecule has 3 rings (SSSR count). The minimum absolute atomic E-state index is 0.0284. The van der Waals surface area contributed by atoms with Gasteiger partial charge in [0.1, 0.15) is 13.2 Å². The fourth-order valence-electron chi connectivity index (χ4n) is 2.93. The topological polar surface area (TPSA) is 74.3 Å². The number of imide groups is 1. The highest BCUT2D eigenvalue weighted by molar-refractivity contribution is 9.10. The molecular formula is C23H20BrNO6S. The van der Waals surface area contributed by atoms with Crippen molar-refractivity contribution < 1.29 is 28.5 Å². The molecule has 1 saturated heterocycles. The van der Waals surface area contributed by atoms with Crippen molar-refractivity contribution in [2.45, 2.75) is 0 Å². The third-order valence-electron chi connectivity index (χ3n) is 4.37. The Labute approximate surface area is 198 Å². The lowest BCUT2D eigenvalue weighted by Gasteiger charge is -2.15. The van der Waals surface area contributed by atoms with E-state index in [9.17, 15) is 9.59 Å². The molecule has 0 atom stereocenters. The second kappa shape index (κ2) is 11.0. The second-order valence-electron chi connectivity index (χ2n) is 6.35. The molecule has 0 aliphatic carbocycles. The number of amides is 2. The van der Waals surface area contributed by atoms with Crippen LogP contribution in [0.3, 0.4) is 0 Å². The van der Waals surface area contributed by atoms with Crippen LogP contribution in [-0.2, 0) is 4.79 Å². The molecule has 2 aromatic rings. The van der Waals surface area contributed by atoms with Crippen LogP contribution in [0.25, 0.3) is 6.08 Å². The maximum Gasteiger partial charge on any atom is 0.293 e. The molecule has 0 radical (unpaired) electrons. The maximum atomic E-state index is 12.9. The van der Waals surface area contributed by atoms with Gasteiger partial charge in [-0.2, -0.15) is 0 Å². The largest absolute Gasteiger partial charge is 0.493 e. The van der Waals surface area contributed by atoms with Gasteiger partial charge in [-0.05, 0) is 42.1 Å². The molecule has 0 spiro atoms. The first-order chi connectivity index (χ1) is 15.5. The molecule has 166 valence electrons. The van der Waals surface area contributed by atoms with E-state index in [1.165, 1.54) is 7.11 Å². The van der Waals surface area contributed by atoms with E-state index in [2.05, 4.69) is 21.9 Å². The van der Waals surface area contributed by atoms with Crippen molar-refractivity contribution in [3.8, 4) is 35.3 Å². The van der Waals surface area contributed by atoms with Crippen LogP contribution in [-0.4, -0.2) is 50.0 Å². The molecule has 7 nitrogen and oxygen atoms in total. The lowest BCUT2D eigenvalue weighted by atomic mass is 10.1. The van der Waals surface area contributed by atoms with E-state index < -0.39 is 5.91 Å². The average molecular weight is 518 g/mol. The zero-order valence-electron chi connectivity index (χ0n) is 17.4. The summed E-state index contributed by atoms with van der Waals surface area (Å²) >= 11 is 4.26. The Morgan fingerprint density at radius 3 is 2.50 bits per heavy atom. The lowest BCUT2D eigenvalue weighted by Crippen LogP contribution is -2.32. The van der Waals surface area contributed by atoms with Crippen molar-refractivity contribution in [1.82, 2.24) is 4.90 Å². The third kappa shape index (κ3) is 5.39. The Hall–Kier alpha value is -3.09. The molecule has 2 aromatic carbocycles. The van der Waals surface area contributed by atoms with Crippen molar-refractivity contribution >= 4 is 44.9 Å². The third-order valence-corrected chi connectivity index (χ3v) is 5.74. The minimum atomic E-state index is -0.412. The number of carbonyl (C=O) groups is 2. The number of terminal acetylenes is 1. The van der Waals surface area contributed by atoms with Crippen molar-refractivity contribution in [1.29, 1.82) is 0 Å². The van der Waals surface area contributed by atoms with E-state index in [-0.39, 0.29) is 29.9 Å². The number of rotatable bonds is 9. The van der Waals surface area contributed by atoms with E-state index in [1.807, 2.05) is 12.1 Å². The highest BCUT2D eigenvalue weighted by Crippen LogP contribution is 2.39. The minimum Gasteiger partial charge on any atom is -0.493 e. The van der Waals surface area contributed by atoms with Crippen molar-refractivity contribution in [2.75, 3.05) is 34.0 Å². The standard InChI is InChI=1S/C23H20BrNO6S/c1-4-10-31-21-15(12-16(24)14-19(21)29-3)13-20-22(26)25(23(27)32-20)9-11-30-18-8-6-5-7-17(18)28-2/h1,5-8,12-14H,9-11H2,2-3H3/b20-13-. The summed E-state index contributed by atoms with van der Waals surface area (Å²) in [6.07, 6.45) is 6.90. The molecule has 0 N–H and O–H groups in total. The molecule has 0 saturated carbocycles. The Kier molecular flexibility index (Phi) is 8.09. The number of thioether (sulfide) groups is 1. The zero-order valence-corrected chi connectivity index (χ0v) is 19.8. The monoisotopic (exact) mass is 517 g/mol. The summed E-state index contributed by atoms with van der Waals surface area (Å²) in [7, 11) is 3.05. The Morgan fingerprint density at radius 1 is 1.09 bits per heavy atom. The molecule has 9 heteroatoms. The van der Waals surface area contributed by atoms with Gasteiger partial charge in [0.05, 0.1) is 25.7 Å². The Bertz CT molecular complexity index is 1090. The molecule has 1 heterocycles. The van der Waals surface area contributed by atoms with Gasteiger partial charge in [-0.25, -0.2) is 0 Å². The quantitative estimate of drug-likeness (QED) is 0.355. The second-order valence-corrected chi connectivity index (χ2v) is 8.26. The van der Waals surface area contributed by atoms with Crippen LogP contribution in [0.1, 0.15) is 5.56 Å². The first-order valence-corrected chi connectivity index (χ1v) is 11.0. The molecule has 1 aliphatic rings. The normalized spacial score (nSPS) is 14.4. The number of methoxy groups -OCH3 is 2. The average Bonchev–Trinajstić information content (AvgIpc) is 3.05. The van der Waals surface area contributed by atoms with Gasteiger partial charge in [-0.1, -0.05) is 34.0 Å². The fourth-order valence-corrected chi connectivity index (χ4v) is 4.25. The predicted molar refractivity (Wildman–Crippen MR) is 126 cm³/mol. The summed E-state index contributed by atoms with van der Waals surface area (Å²) in [5.74, 6) is 3.94. The van der Waals surface area contributed by atoms with Gasteiger partial charge in [-0.15, -0.1) is 6.42 Å². The Balaban J connectivity index is 1.77. The zero-order chi connectivity index (χ0) is 23.1. The van der Waals surface area contributed by atoms with E-state index in [0.29, 0.717) is 28.6 Å². The van der Waals surface area contributed by atoms with Gasteiger partial charge in [0, 0.05) is 10.0 Å². The van der Waals surface area contributed by atoms with E-state index in [0.717, 1.165) is 21.1 Å².